The smallest absolute Gasteiger partial charge is 0.318 e. The quantitative estimate of drug-likeness (QED) is 0.513. The number of methoxy groups -OCH3 is 2. The van der Waals surface area contributed by atoms with Gasteiger partial charge < -0.3 is 24.4 Å². The maximum atomic E-state index is 13.9. The molecule has 0 unspecified atom stereocenters. The number of benzene rings is 2. The molecule has 1 atom stereocenters. The summed E-state index contributed by atoms with van der Waals surface area (Å²) in [6.45, 7) is 9.70. The zero-order chi connectivity index (χ0) is 28.7. The Kier molecular flexibility index (Phi) is 9.65. The normalized spacial score (nSPS) is 17.8. The number of urea groups is 1. The molecule has 4 rings (SSSR count). The van der Waals surface area contributed by atoms with E-state index in [0.717, 1.165) is 35.7 Å². The molecule has 0 bridgehead atoms. The van der Waals surface area contributed by atoms with Crippen LogP contribution in [-0.2, 0) is 9.53 Å². The van der Waals surface area contributed by atoms with Gasteiger partial charge in [-0.25, -0.2) is 9.80 Å². The molecule has 0 aliphatic carbocycles. The molecule has 0 aromatic heterocycles. The molecule has 0 spiro atoms. The highest BCUT2D eigenvalue weighted by molar-refractivity contribution is 6.03. The summed E-state index contributed by atoms with van der Waals surface area (Å²) in [5.41, 5.74) is 2.12. The topological polar surface area (TPSA) is 95.9 Å². The van der Waals surface area contributed by atoms with Gasteiger partial charge in [0.25, 0.3) is 5.91 Å². The van der Waals surface area contributed by atoms with Crippen molar-refractivity contribution >= 4 is 17.6 Å². The second-order valence-corrected chi connectivity index (χ2v) is 11.0. The van der Waals surface area contributed by atoms with Gasteiger partial charge in [-0.2, -0.15) is 5.10 Å². The number of ether oxygens (including phenoxy) is 3. The Bertz CT molecular complexity index is 1190. The average molecular weight is 552 g/mol. The Labute approximate surface area is 236 Å². The fraction of sp³-hybridized carbons (Fsp3) is 0.500. The number of nitrogens with one attached hydrogen (secondary N) is 1. The van der Waals surface area contributed by atoms with Crippen LogP contribution < -0.4 is 14.8 Å². The van der Waals surface area contributed by atoms with Crippen LogP contribution in [0.3, 0.4) is 0 Å². The lowest BCUT2D eigenvalue weighted by Gasteiger charge is -2.33. The summed E-state index contributed by atoms with van der Waals surface area (Å²) in [6, 6.07) is 14.7. The number of nitrogens with zero attached hydrogens (tertiary/aromatic N) is 4. The number of hydrogen-bond acceptors (Lipinski definition) is 7. The van der Waals surface area contributed by atoms with Gasteiger partial charge in [-0.15, -0.1) is 0 Å². The molecule has 2 aromatic carbocycles. The van der Waals surface area contributed by atoms with Gasteiger partial charge in [0.1, 0.15) is 18.0 Å². The van der Waals surface area contributed by atoms with Crippen molar-refractivity contribution in [2.75, 3.05) is 60.2 Å². The monoisotopic (exact) mass is 551 g/mol. The predicted octanol–water partition coefficient (Wildman–Crippen LogP) is 3.52. The van der Waals surface area contributed by atoms with Gasteiger partial charge in [-0.1, -0.05) is 18.2 Å². The van der Waals surface area contributed by atoms with Crippen molar-refractivity contribution in [3.05, 3.63) is 59.7 Å². The summed E-state index contributed by atoms with van der Waals surface area (Å²) < 4.78 is 16.4. The maximum Gasteiger partial charge on any atom is 0.318 e. The number of hydrogen-bond donors (Lipinski definition) is 1. The van der Waals surface area contributed by atoms with Crippen LogP contribution in [0, 0.1) is 0 Å². The molecule has 0 radical (unpaired) electrons. The molecule has 1 N–H and O–H groups in total. The number of hydrazone groups is 1. The zero-order valence-corrected chi connectivity index (χ0v) is 24.2. The largest absolute Gasteiger partial charge is 0.497 e. The predicted molar refractivity (Wildman–Crippen MR) is 154 cm³/mol. The molecule has 10 nitrogen and oxygen atoms in total. The highest BCUT2D eigenvalue weighted by atomic mass is 16.5. The highest BCUT2D eigenvalue weighted by Gasteiger charge is 2.36. The third kappa shape index (κ3) is 7.51. The molecule has 10 heteroatoms. The maximum absolute atomic E-state index is 13.9. The third-order valence-corrected chi connectivity index (χ3v) is 6.97. The van der Waals surface area contributed by atoms with Crippen molar-refractivity contribution in [1.29, 1.82) is 0 Å². The van der Waals surface area contributed by atoms with E-state index in [1.807, 2.05) is 69.3 Å². The average Bonchev–Trinajstić information content (AvgIpc) is 3.40. The number of carbonyl (C=O) groups excluding carboxylic acids is 2. The summed E-state index contributed by atoms with van der Waals surface area (Å²) in [5, 5.41) is 9.33. The minimum absolute atomic E-state index is 0.0999. The van der Waals surface area contributed by atoms with Crippen LogP contribution in [0.2, 0.25) is 0 Å². The second kappa shape index (κ2) is 13.1. The van der Waals surface area contributed by atoms with Crippen LogP contribution in [0.15, 0.2) is 53.6 Å². The molecule has 2 aliphatic rings. The lowest BCUT2D eigenvalue weighted by atomic mass is 9.97. The molecule has 1 saturated heterocycles. The summed E-state index contributed by atoms with van der Waals surface area (Å²) in [6.07, 6.45) is 0.514. The van der Waals surface area contributed by atoms with Crippen LogP contribution >= 0.6 is 0 Å². The van der Waals surface area contributed by atoms with Gasteiger partial charge in [0.05, 0.1) is 39.2 Å². The van der Waals surface area contributed by atoms with Gasteiger partial charge in [0.2, 0.25) is 0 Å². The fourth-order valence-corrected chi connectivity index (χ4v) is 4.86. The number of para-hydroxylation sites is 1. The SMILES string of the molecule is COc1ccc(C2=NN(C(=O)CN(CCN3CCOCC3)C(=O)NC(C)(C)C)[C@@H](c3ccccc3OC)C2)cc1. The van der Waals surface area contributed by atoms with Gasteiger partial charge in [0, 0.05) is 43.7 Å². The Morgan fingerprint density at radius 3 is 2.40 bits per heavy atom. The molecule has 3 amide bonds. The summed E-state index contributed by atoms with van der Waals surface area (Å²) in [7, 11) is 3.25. The first-order valence-corrected chi connectivity index (χ1v) is 13.7. The Balaban J connectivity index is 1.60. The van der Waals surface area contributed by atoms with E-state index in [0.29, 0.717) is 38.5 Å². The van der Waals surface area contributed by atoms with Crippen molar-refractivity contribution in [2.24, 2.45) is 5.10 Å². The van der Waals surface area contributed by atoms with Crippen LogP contribution in [-0.4, -0.2) is 98.2 Å². The van der Waals surface area contributed by atoms with E-state index in [1.165, 1.54) is 5.01 Å². The Morgan fingerprint density at radius 1 is 1.05 bits per heavy atom. The Morgan fingerprint density at radius 2 is 1.75 bits per heavy atom. The molecule has 216 valence electrons. The molecule has 0 saturated carbocycles. The van der Waals surface area contributed by atoms with Crippen LogP contribution in [0.1, 0.15) is 44.4 Å². The van der Waals surface area contributed by atoms with Crippen molar-refractivity contribution in [2.45, 2.75) is 38.8 Å². The molecule has 1 fully saturated rings. The third-order valence-electron chi connectivity index (χ3n) is 6.97. The van der Waals surface area contributed by atoms with E-state index >= 15 is 0 Å². The van der Waals surface area contributed by atoms with E-state index in [-0.39, 0.29) is 24.5 Å². The van der Waals surface area contributed by atoms with E-state index in [4.69, 9.17) is 19.3 Å². The van der Waals surface area contributed by atoms with Crippen molar-refractivity contribution in [3.8, 4) is 11.5 Å². The summed E-state index contributed by atoms with van der Waals surface area (Å²) in [4.78, 5) is 31.1. The van der Waals surface area contributed by atoms with Gasteiger partial charge in [0.15, 0.2) is 0 Å². The van der Waals surface area contributed by atoms with Gasteiger partial charge in [-0.3, -0.25) is 9.69 Å². The van der Waals surface area contributed by atoms with Crippen LogP contribution in [0.4, 0.5) is 4.79 Å². The molecular weight excluding hydrogens is 510 g/mol. The summed E-state index contributed by atoms with van der Waals surface area (Å²) in [5.74, 6) is 1.17. The highest BCUT2D eigenvalue weighted by Crippen LogP contribution is 2.37. The number of rotatable bonds is 9. The van der Waals surface area contributed by atoms with E-state index in [1.54, 1.807) is 19.1 Å². The molecule has 2 heterocycles. The second-order valence-electron chi connectivity index (χ2n) is 11.0. The first kappa shape index (κ1) is 29.4. The van der Waals surface area contributed by atoms with Gasteiger partial charge in [-0.05, 0) is 56.7 Å². The standard InChI is InChI=1S/C30H41N5O5/c1-30(2,3)31-29(37)34(15-14-33-16-18-40-19-17-33)21-28(36)35-26(24-8-6-7-9-27(24)39-5)20-25(32-35)22-10-12-23(38-4)13-11-22/h6-13,26H,14-21H2,1-5H3,(H,31,37)/t26-/m1/s1. The minimum Gasteiger partial charge on any atom is -0.497 e. The van der Waals surface area contributed by atoms with Crippen molar-refractivity contribution < 1.29 is 23.8 Å². The number of morpholine rings is 1. The van der Waals surface area contributed by atoms with E-state index in [9.17, 15) is 9.59 Å². The van der Waals surface area contributed by atoms with Crippen LogP contribution in [0.25, 0.3) is 0 Å². The number of carbonyl (C=O) groups is 2. The lowest BCUT2D eigenvalue weighted by molar-refractivity contribution is -0.133. The van der Waals surface area contributed by atoms with Crippen molar-refractivity contribution in [3.63, 3.8) is 0 Å². The minimum atomic E-state index is -0.440. The molecule has 40 heavy (non-hydrogen) atoms. The first-order chi connectivity index (χ1) is 19.2. The van der Waals surface area contributed by atoms with E-state index in [2.05, 4.69) is 10.2 Å². The molecular formula is C30H41N5O5. The van der Waals surface area contributed by atoms with Crippen LogP contribution in [0.5, 0.6) is 11.5 Å². The fourth-order valence-electron chi connectivity index (χ4n) is 4.86. The first-order valence-electron chi connectivity index (χ1n) is 13.7. The molecule has 2 aromatic rings. The molecule has 2 aliphatic heterocycles. The number of amides is 3. The van der Waals surface area contributed by atoms with Crippen molar-refractivity contribution in [1.82, 2.24) is 20.1 Å². The van der Waals surface area contributed by atoms with Gasteiger partial charge >= 0.3 is 6.03 Å². The Hall–Kier alpha value is -3.63. The lowest BCUT2D eigenvalue weighted by Crippen LogP contribution is -2.53. The zero-order valence-electron chi connectivity index (χ0n) is 24.2. The summed E-state index contributed by atoms with van der Waals surface area (Å²) >= 11 is 0. The van der Waals surface area contributed by atoms with E-state index < -0.39 is 5.54 Å².